The first kappa shape index (κ1) is 14.7. The lowest BCUT2D eigenvalue weighted by Crippen LogP contribution is -2.12. The van der Waals surface area contributed by atoms with Gasteiger partial charge >= 0.3 is 0 Å². The number of anilines is 1. The van der Waals surface area contributed by atoms with Crippen LogP contribution < -0.4 is 5.32 Å². The predicted octanol–water partition coefficient (Wildman–Crippen LogP) is 4.17. The molecule has 4 aromatic rings. The Kier molecular flexibility index (Phi) is 3.89. The van der Waals surface area contributed by atoms with Crippen LogP contribution in [0, 0.1) is 0 Å². The van der Waals surface area contributed by atoms with Gasteiger partial charge in [-0.3, -0.25) is 15.1 Å². The lowest BCUT2D eigenvalue weighted by atomic mass is 10.3. The molecule has 4 rings (SSSR count). The highest BCUT2D eigenvalue weighted by molar-refractivity contribution is 7.19. The van der Waals surface area contributed by atoms with Gasteiger partial charge in [0.1, 0.15) is 0 Å². The van der Waals surface area contributed by atoms with E-state index in [9.17, 15) is 4.79 Å². The molecule has 118 valence electrons. The van der Waals surface area contributed by atoms with Gasteiger partial charge in [-0.1, -0.05) is 23.5 Å². The molecule has 0 atom stereocenters. The van der Waals surface area contributed by atoms with Crippen LogP contribution in [-0.4, -0.2) is 20.9 Å². The van der Waals surface area contributed by atoms with E-state index in [1.165, 1.54) is 29.1 Å². The Hall–Kier alpha value is -2.84. The number of thiazole rings is 1. The Labute approximate surface area is 144 Å². The van der Waals surface area contributed by atoms with Crippen molar-refractivity contribution in [1.82, 2.24) is 15.0 Å². The number of nitrogens with one attached hydrogen (secondary N) is 1. The minimum absolute atomic E-state index is 0.246. The van der Waals surface area contributed by atoms with E-state index < -0.39 is 0 Å². The van der Waals surface area contributed by atoms with Gasteiger partial charge in [-0.15, -0.1) is 11.3 Å². The number of hydrogen-bond donors (Lipinski definition) is 1. The summed E-state index contributed by atoms with van der Waals surface area (Å²) in [4.78, 5) is 26.6. The fourth-order valence-electron chi connectivity index (χ4n) is 2.12. The minimum atomic E-state index is -0.348. The van der Waals surface area contributed by atoms with Crippen molar-refractivity contribution in [1.29, 1.82) is 0 Å². The first-order valence-corrected chi connectivity index (χ1v) is 8.66. The number of hydrogen-bond acceptors (Lipinski definition) is 7. The monoisotopic (exact) mass is 354 g/mol. The van der Waals surface area contributed by atoms with E-state index in [0.717, 1.165) is 15.3 Å². The van der Waals surface area contributed by atoms with Crippen LogP contribution in [0.1, 0.15) is 10.5 Å². The SMILES string of the molecule is O=C(Nc1ncc(-c2cccnc2)s1)c1ncoc1-c1cccs1. The molecule has 0 aliphatic heterocycles. The highest BCUT2D eigenvalue weighted by Crippen LogP contribution is 2.30. The van der Waals surface area contributed by atoms with E-state index in [2.05, 4.69) is 20.3 Å². The molecule has 6 nitrogen and oxygen atoms in total. The Morgan fingerprint density at radius 3 is 2.88 bits per heavy atom. The molecule has 0 saturated carbocycles. The van der Waals surface area contributed by atoms with Crippen LogP contribution in [-0.2, 0) is 0 Å². The number of thiophene rings is 1. The number of carbonyl (C=O) groups excluding carboxylic acids is 1. The number of amides is 1. The van der Waals surface area contributed by atoms with Crippen LogP contribution in [0.25, 0.3) is 21.1 Å². The molecular weight excluding hydrogens is 344 g/mol. The molecule has 0 aliphatic rings. The average molecular weight is 354 g/mol. The second-order valence-corrected chi connectivity index (χ2v) is 6.71. The summed E-state index contributed by atoms with van der Waals surface area (Å²) in [5.41, 5.74) is 1.20. The molecule has 0 spiro atoms. The molecule has 4 heterocycles. The molecule has 0 aliphatic carbocycles. The first-order chi connectivity index (χ1) is 11.8. The van der Waals surface area contributed by atoms with Crippen molar-refractivity contribution in [2.24, 2.45) is 0 Å². The molecule has 0 saturated heterocycles. The maximum Gasteiger partial charge on any atom is 0.280 e. The number of pyridine rings is 1. The lowest BCUT2D eigenvalue weighted by Gasteiger charge is -1.99. The van der Waals surface area contributed by atoms with E-state index in [0.29, 0.717) is 10.9 Å². The standard InChI is InChI=1S/C16H10N4O2S2/c21-15(13-14(22-9-19-13)11-4-2-6-23-11)20-16-18-8-12(24-16)10-3-1-5-17-7-10/h1-9H,(H,18,20,21). The Morgan fingerprint density at radius 1 is 1.12 bits per heavy atom. The van der Waals surface area contributed by atoms with Gasteiger partial charge in [0.25, 0.3) is 5.91 Å². The quantitative estimate of drug-likeness (QED) is 0.595. The molecule has 8 heteroatoms. The Bertz CT molecular complexity index is 961. The molecule has 0 unspecified atom stereocenters. The molecule has 1 amide bonds. The number of nitrogens with zero attached hydrogens (tertiary/aromatic N) is 3. The van der Waals surface area contributed by atoms with Crippen molar-refractivity contribution in [2.75, 3.05) is 5.32 Å². The molecule has 4 aromatic heterocycles. The normalized spacial score (nSPS) is 10.7. The summed E-state index contributed by atoms with van der Waals surface area (Å²) in [6.45, 7) is 0. The summed E-state index contributed by atoms with van der Waals surface area (Å²) in [5.74, 6) is 0.116. The minimum Gasteiger partial charge on any atom is -0.442 e. The summed E-state index contributed by atoms with van der Waals surface area (Å²) in [6, 6.07) is 7.58. The third kappa shape index (κ3) is 2.84. The third-order valence-electron chi connectivity index (χ3n) is 3.20. The maximum atomic E-state index is 12.5. The molecule has 1 N–H and O–H groups in total. The van der Waals surface area contributed by atoms with Crippen molar-refractivity contribution in [3.63, 3.8) is 0 Å². The molecule has 24 heavy (non-hydrogen) atoms. The smallest absolute Gasteiger partial charge is 0.280 e. The van der Waals surface area contributed by atoms with Gasteiger partial charge in [0, 0.05) is 24.2 Å². The second-order valence-electron chi connectivity index (χ2n) is 4.73. The zero-order valence-corrected chi connectivity index (χ0v) is 13.8. The van der Waals surface area contributed by atoms with Gasteiger partial charge in [-0.25, -0.2) is 9.97 Å². The number of oxazole rings is 1. The Morgan fingerprint density at radius 2 is 2.08 bits per heavy atom. The van der Waals surface area contributed by atoms with Crippen LogP contribution in [0.2, 0.25) is 0 Å². The van der Waals surface area contributed by atoms with Crippen molar-refractivity contribution in [3.05, 3.63) is 60.3 Å². The fraction of sp³-hybridized carbons (Fsp3) is 0. The maximum absolute atomic E-state index is 12.5. The van der Waals surface area contributed by atoms with E-state index in [4.69, 9.17) is 4.42 Å². The summed E-state index contributed by atoms with van der Waals surface area (Å²) >= 11 is 2.86. The second kappa shape index (κ2) is 6.34. The zero-order chi connectivity index (χ0) is 16.4. The van der Waals surface area contributed by atoms with E-state index in [1.807, 2.05) is 29.6 Å². The van der Waals surface area contributed by atoms with Crippen LogP contribution in [0.5, 0.6) is 0 Å². The topological polar surface area (TPSA) is 80.9 Å². The number of carbonyl (C=O) groups is 1. The van der Waals surface area contributed by atoms with E-state index in [1.54, 1.807) is 18.6 Å². The van der Waals surface area contributed by atoms with Crippen LogP contribution >= 0.6 is 22.7 Å². The predicted molar refractivity (Wildman–Crippen MR) is 93.1 cm³/mol. The van der Waals surface area contributed by atoms with Gasteiger partial charge in [-0.05, 0) is 17.5 Å². The van der Waals surface area contributed by atoms with Crippen molar-refractivity contribution in [2.45, 2.75) is 0 Å². The molecule has 0 radical (unpaired) electrons. The Balaban J connectivity index is 1.56. The highest BCUT2D eigenvalue weighted by atomic mass is 32.1. The number of aromatic nitrogens is 3. The summed E-state index contributed by atoms with van der Waals surface area (Å²) in [5, 5.41) is 5.18. The lowest BCUT2D eigenvalue weighted by molar-refractivity contribution is 0.102. The van der Waals surface area contributed by atoms with Gasteiger partial charge in [-0.2, -0.15) is 0 Å². The molecule has 0 fully saturated rings. The van der Waals surface area contributed by atoms with Gasteiger partial charge in [0.05, 0.1) is 9.75 Å². The average Bonchev–Trinajstić information content (AvgIpc) is 3.36. The van der Waals surface area contributed by atoms with Gasteiger partial charge in [0.15, 0.2) is 23.0 Å². The summed E-state index contributed by atoms with van der Waals surface area (Å²) in [7, 11) is 0. The third-order valence-corrected chi connectivity index (χ3v) is 5.03. The van der Waals surface area contributed by atoms with Crippen LogP contribution in [0.15, 0.2) is 59.0 Å². The van der Waals surface area contributed by atoms with Crippen LogP contribution in [0.4, 0.5) is 5.13 Å². The summed E-state index contributed by atoms with van der Waals surface area (Å²) in [6.07, 6.45) is 6.45. The summed E-state index contributed by atoms with van der Waals surface area (Å²) < 4.78 is 5.36. The molecule has 0 aromatic carbocycles. The first-order valence-electron chi connectivity index (χ1n) is 6.96. The van der Waals surface area contributed by atoms with E-state index in [-0.39, 0.29) is 11.6 Å². The molecular formula is C16H10N4O2S2. The van der Waals surface area contributed by atoms with Gasteiger partial charge in [0.2, 0.25) is 0 Å². The van der Waals surface area contributed by atoms with Crippen molar-refractivity contribution < 1.29 is 9.21 Å². The van der Waals surface area contributed by atoms with Crippen molar-refractivity contribution >= 4 is 33.7 Å². The number of rotatable bonds is 4. The van der Waals surface area contributed by atoms with Gasteiger partial charge < -0.3 is 4.42 Å². The largest absolute Gasteiger partial charge is 0.442 e. The highest BCUT2D eigenvalue weighted by Gasteiger charge is 2.20. The zero-order valence-electron chi connectivity index (χ0n) is 12.2. The van der Waals surface area contributed by atoms with Crippen LogP contribution in [0.3, 0.4) is 0 Å². The van der Waals surface area contributed by atoms with Crippen molar-refractivity contribution in [3.8, 4) is 21.1 Å². The molecule has 0 bridgehead atoms. The van der Waals surface area contributed by atoms with E-state index >= 15 is 0 Å². The fourth-order valence-corrected chi connectivity index (χ4v) is 3.63.